The van der Waals surface area contributed by atoms with Gasteiger partial charge in [0.25, 0.3) is 0 Å². The Balaban J connectivity index is 2.11. The molecule has 38 heavy (non-hydrogen) atoms. The molecule has 0 aliphatic heterocycles. The molecule has 0 aromatic rings. The normalized spacial score (nSPS) is 28.1. The van der Waals surface area contributed by atoms with Crippen molar-refractivity contribution in [3.63, 3.8) is 0 Å². The van der Waals surface area contributed by atoms with Crippen LogP contribution in [0.15, 0.2) is 0 Å². The van der Waals surface area contributed by atoms with Gasteiger partial charge in [-0.1, -0.05) is 84.0 Å². The first-order valence-corrected chi connectivity index (χ1v) is 15.4. The summed E-state index contributed by atoms with van der Waals surface area (Å²) in [6.07, 6.45) is 2.42. The van der Waals surface area contributed by atoms with Crippen LogP contribution in [0.4, 0.5) is 0 Å². The molecule has 5 unspecified atom stereocenters. The van der Waals surface area contributed by atoms with E-state index in [-0.39, 0.29) is 6.42 Å². The number of phosphoric acid groups is 1. The summed E-state index contributed by atoms with van der Waals surface area (Å²) >= 11 is 0. The lowest BCUT2D eigenvalue weighted by molar-refractivity contribution is -0.220. The number of rotatable bonds is 21. The Labute approximate surface area is 225 Å². The van der Waals surface area contributed by atoms with Crippen molar-refractivity contribution in [2.45, 2.75) is 140 Å². The predicted octanol–water partition coefficient (Wildman–Crippen LogP) is 1.69. The minimum atomic E-state index is -4.98. The zero-order chi connectivity index (χ0) is 28.6. The van der Waals surface area contributed by atoms with E-state index in [9.17, 15) is 44.9 Å². The van der Waals surface area contributed by atoms with Crippen molar-refractivity contribution < 1.29 is 58.7 Å². The fourth-order valence-electron chi connectivity index (χ4n) is 4.28. The topological polar surface area (TPSA) is 203 Å². The van der Waals surface area contributed by atoms with Gasteiger partial charge in [-0.3, -0.25) is 13.8 Å². The highest BCUT2D eigenvalue weighted by molar-refractivity contribution is 7.47. The quantitative estimate of drug-likeness (QED) is 0.0596. The molecule has 226 valence electrons. The number of hydrogen-bond acceptors (Lipinski definition) is 11. The Hall–Kier alpha value is -0.660. The largest absolute Gasteiger partial charge is 0.472 e. The van der Waals surface area contributed by atoms with Gasteiger partial charge in [0.1, 0.15) is 49.3 Å². The van der Waals surface area contributed by atoms with Crippen LogP contribution in [0.1, 0.15) is 96.8 Å². The van der Waals surface area contributed by atoms with Crippen molar-refractivity contribution in [3.05, 3.63) is 0 Å². The molecular weight excluding hydrogens is 523 g/mol. The third kappa shape index (κ3) is 14.1. The van der Waals surface area contributed by atoms with E-state index >= 15 is 0 Å². The van der Waals surface area contributed by atoms with E-state index in [2.05, 4.69) is 16.0 Å². The standard InChI is InChI=1S/C25H49O12P/c1-2-3-4-5-6-7-8-9-10-11-12-13-14-15-19(27)35-16-18(26)17-36-38(33,34)37-25-23(31)21(29)20(28)22(30)24(25)32/h18,20-26,28-32H,2-17H2,1H3,(H,33,34)/t18-,20?,21?,22?,23?,24?,25?/m1/s1. The van der Waals surface area contributed by atoms with Crippen LogP contribution >= 0.6 is 7.82 Å². The molecule has 6 atom stereocenters. The lowest BCUT2D eigenvalue weighted by atomic mass is 9.85. The van der Waals surface area contributed by atoms with E-state index in [0.29, 0.717) is 6.42 Å². The number of aliphatic hydroxyl groups excluding tert-OH is 6. The molecule has 1 aliphatic carbocycles. The molecule has 1 aliphatic rings. The molecule has 12 nitrogen and oxygen atoms in total. The number of unbranched alkanes of at least 4 members (excludes halogenated alkanes) is 12. The Bertz CT molecular complexity index is 665. The van der Waals surface area contributed by atoms with Crippen LogP contribution < -0.4 is 0 Å². The summed E-state index contributed by atoms with van der Waals surface area (Å²) in [5.41, 5.74) is 0. The smallest absolute Gasteiger partial charge is 0.463 e. The lowest BCUT2D eigenvalue weighted by Crippen LogP contribution is -2.64. The van der Waals surface area contributed by atoms with E-state index in [1.54, 1.807) is 0 Å². The first kappa shape index (κ1) is 35.4. The molecule has 7 N–H and O–H groups in total. The Morgan fingerprint density at radius 3 is 1.61 bits per heavy atom. The van der Waals surface area contributed by atoms with E-state index in [1.165, 1.54) is 57.8 Å². The molecule has 1 rings (SSSR count). The number of hydrogen-bond donors (Lipinski definition) is 7. The number of phosphoric ester groups is 1. The number of carbonyl (C=O) groups excluding carboxylic acids is 1. The van der Waals surface area contributed by atoms with Gasteiger partial charge in [-0.15, -0.1) is 0 Å². The molecule has 0 aromatic heterocycles. The molecule has 0 heterocycles. The lowest BCUT2D eigenvalue weighted by Gasteiger charge is -2.41. The van der Waals surface area contributed by atoms with Gasteiger partial charge in [0.05, 0.1) is 6.61 Å². The van der Waals surface area contributed by atoms with E-state index in [4.69, 9.17) is 4.74 Å². The third-order valence-corrected chi connectivity index (χ3v) is 7.66. The van der Waals surface area contributed by atoms with E-state index in [1.807, 2.05) is 0 Å². The average Bonchev–Trinajstić information content (AvgIpc) is 2.89. The second-order valence-electron chi connectivity index (χ2n) is 10.1. The van der Waals surface area contributed by atoms with Crippen molar-refractivity contribution in [2.24, 2.45) is 0 Å². The van der Waals surface area contributed by atoms with E-state index in [0.717, 1.165) is 19.3 Å². The fraction of sp³-hybridized carbons (Fsp3) is 0.960. The molecular formula is C25H49O12P. The van der Waals surface area contributed by atoms with Gasteiger partial charge in [0.2, 0.25) is 0 Å². The van der Waals surface area contributed by atoms with Gasteiger partial charge in [-0.2, -0.15) is 0 Å². The molecule has 0 spiro atoms. The van der Waals surface area contributed by atoms with Crippen LogP contribution in [-0.4, -0.2) is 97.4 Å². The second-order valence-corrected chi connectivity index (χ2v) is 11.5. The number of aliphatic hydroxyl groups is 6. The molecule has 0 amide bonds. The van der Waals surface area contributed by atoms with Crippen LogP contribution in [0.25, 0.3) is 0 Å². The van der Waals surface area contributed by atoms with Gasteiger partial charge in [-0.05, 0) is 6.42 Å². The molecule has 1 fully saturated rings. The monoisotopic (exact) mass is 572 g/mol. The highest BCUT2D eigenvalue weighted by Crippen LogP contribution is 2.47. The van der Waals surface area contributed by atoms with Gasteiger partial charge in [0, 0.05) is 6.42 Å². The summed E-state index contributed by atoms with van der Waals surface area (Å²) in [6.45, 7) is 0.973. The summed E-state index contributed by atoms with van der Waals surface area (Å²) in [7, 11) is -4.98. The highest BCUT2D eigenvalue weighted by atomic mass is 31.2. The van der Waals surface area contributed by atoms with Crippen LogP contribution in [-0.2, 0) is 23.1 Å². The molecule has 0 bridgehead atoms. The predicted molar refractivity (Wildman–Crippen MR) is 138 cm³/mol. The zero-order valence-electron chi connectivity index (χ0n) is 22.5. The molecule has 1 saturated carbocycles. The van der Waals surface area contributed by atoms with Crippen molar-refractivity contribution in [1.82, 2.24) is 0 Å². The number of esters is 1. The van der Waals surface area contributed by atoms with Gasteiger partial charge in [0.15, 0.2) is 0 Å². The zero-order valence-corrected chi connectivity index (χ0v) is 23.4. The minimum Gasteiger partial charge on any atom is -0.463 e. The first-order chi connectivity index (χ1) is 18.0. The average molecular weight is 573 g/mol. The summed E-state index contributed by atoms with van der Waals surface area (Å²) in [4.78, 5) is 21.6. The summed E-state index contributed by atoms with van der Waals surface area (Å²) < 4.78 is 26.3. The Kier molecular flexibility index (Phi) is 18.1. The third-order valence-electron chi connectivity index (χ3n) is 6.68. The summed E-state index contributed by atoms with van der Waals surface area (Å²) in [5.74, 6) is -0.509. The van der Waals surface area contributed by atoms with Crippen LogP contribution in [0.2, 0.25) is 0 Å². The maximum Gasteiger partial charge on any atom is 0.472 e. The summed E-state index contributed by atoms with van der Waals surface area (Å²) in [5, 5.41) is 58.5. The van der Waals surface area contributed by atoms with Crippen molar-refractivity contribution in [2.75, 3.05) is 13.2 Å². The Morgan fingerprint density at radius 2 is 1.13 bits per heavy atom. The SMILES string of the molecule is CCCCCCCCCCCCCCCC(=O)OC[C@@H](O)COP(=O)(O)OC1C(O)C(O)C(O)C(O)C1O. The summed E-state index contributed by atoms with van der Waals surface area (Å²) in [6, 6.07) is 0. The fourth-order valence-corrected chi connectivity index (χ4v) is 5.26. The second kappa shape index (κ2) is 19.4. The number of carbonyl (C=O) groups is 1. The van der Waals surface area contributed by atoms with Crippen LogP contribution in [0, 0.1) is 0 Å². The van der Waals surface area contributed by atoms with Crippen molar-refractivity contribution >= 4 is 13.8 Å². The molecule has 0 saturated heterocycles. The van der Waals surface area contributed by atoms with Gasteiger partial charge in [-0.25, -0.2) is 4.57 Å². The van der Waals surface area contributed by atoms with Gasteiger partial charge < -0.3 is 40.3 Å². The van der Waals surface area contributed by atoms with Crippen LogP contribution in [0.3, 0.4) is 0 Å². The maximum atomic E-state index is 12.1. The molecule has 0 aromatic carbocycles. The number of ether oxygens (including phenoxy) is 1. The van der Waals surface area contributed by atoms with E-state index < -0.39 is 69.7 Å². The van der Waals surface area contributed by atoms with Crippen LogP contribution in [0.5, 0.6) is 0 Å². The first-order valence-electron chi connectivity index (χ1n) is 13.9. The van der Waals surface area contributed by atoms with Gasteiger partial charge >= 0.3 is 13.8 Å². The highest BCUT2D eigenvalue weighted by Gasteiger charge is 2.51. The minimum absolute atomic E-state index is 0.195. The van der Waals surface area contributed by atoms with Crippen molar-refractivity contribution in [3.8, 4) is 0 Å². The molecule has 0 radical (unpaired) electrons. The molecule has 13 heteroatoms. The van der Waals surface area contributed by atoms with Crippen molar-refractivity contribution in [1.29, 1.82) is 0 Å². The Morgan fingerprint density at radius 1 is 0.711 bits per heavy atom. The maximum absolute atomic E-state index is 12.1.